The number of Topliss-reactive ketones (excluding diaryl/α,β-unsaturated/α-hetero) is 1. The van der Waals surface area contributed by atoms with Crippen LogP contribution < -0.4 is 24.3 Å². The molecule has 6 heteroatoms. The zero-order chi connectivity index (χ0) is 19.8. The summed E-state index contributed by atoms with van der Waals surface area (Å²) in [5, 5.41) is 3.44. The molecule has 0 saturated carbocycles. The fourth-order valence-corrected chi connectivity index (χ4v) is 4.10. The lowest BCUT2D eigenvalue weighted by molar-refractivity contribution is -0.115. The van der Waals surface area contributed by atoms with Crippen LogP contribution in [-0.4, -0.2) is 34.2 Å². The number of ketones is 1. The second-order valence-electron chi connectivity index (χ2n) is 6.79. The van der Waals surface area contributed by atoms with Crippen molar-refractivity contribution in [1.29, 1.82) is 0 Å². The molecule has 1 unspecified atom stereocenters. The molecule has 1 atom stereocenters. The van der Waals surface area contributed by atoms with Crippen LogP contribution in [0.25, 0.3) is 0 Å². The van der Waals surface area contributed by atoms with Gasteiger partial charge >= 0.3 is 0 Å². The molecule has 1 aliphatic heterocycles. The third kappa shape index (κ3) is 2.76. The molecule has 2 aromatic rings. The maximum absolute atomic E-state index is 12.7. The number of carbonyl (C=O) groups excluding carboxylic acids is 1. The van der Waals surface area contributed by atoms with E-state index in [0.717, 1.165) is 33.8 Å². The lowest BCUT2D eigenvalue weighted by Gasteiger charge is -2.29. The highest BCUT2D eigenvalue weighted by Crippen LogP contribution is 2.50. The summed E-state index contributed by atoms with van der Waals surface area (Å²) < 4.78 is 21.9. The van der Waals surface area contributed by atoms with E-state index in [1.165, 1.54) is 0 Å². The summed E-state index contributed by atoms with van der Waals surface area (Å²) in [6.07, 6.45) is 1.23. The van der Waals surface area contributed by atoms with Crippen LogP contribution in [0.5, 0.6) is 23.0 Å². The van der Waals surface area contributed by atoms with Crippen LogP contribution in [0.1, 0.15) is 29.9 Å². The number of hydrogen-bond donors (Lipinski definition) is 1. The van der Waals surface area contributed by atoms with Crippen molar-refractivity contribution in [3.05, 3.63) is 52.7 Å². The van der Waals surface area contributed by atoms with E-state index >= 15 is 0 Å². The summed E-state index contributed by atoms with van der Waals surface area (Å²) >= 11 is 0. The van der Waals surface area contributed by atoms with E-state index in [2.05, 4.69) is 5.32 Å². The molecule has 1 aliphatic carbocycles. The van der Waals surface area contributed by atoms with Crippen molar-refractivity contribution in [2.45, 2.75) is 18.8 Å². The van der Waals surface area contributed by atoms with E-state index in [0.29, 0.717) is 30.1 Å². The van der Waals surface area contributed by atoms with Gasteiger partial charge in [-0.2, -0.15) is 0 Å². The van der Waals surface area contributed by atoms with Gasteiger partial charge in [0.15, 0.2) is 17.3 Å². The summed E-state index contributed by atoms with van der Waals surface area (Å²) in [5.41, 5.74) is 4.68. The zero-order valence-electron chi connectivity index (χ0n) is 16.4. The maximum atomic E-state index is 12.7. The molecule has 0 bridgehead atoms. The highest BCUT2D eigenvalue weighted by Gasteiger charge is 2.37. The molecule has 0 spiro atoms. The number of ether oxygens (including phenoxy) is 4. The molecule has 146 valence electrons. The Labute approximate surface area is 164 Å². The Balaban J connectivity index is 1.94. The van der Waals surface area contributed by atoms with Gasteiger partial charge in [-0.3, -0.25) is 4.79 Å². The average molecular weight is 381 g/mol. The van der Waals surface area contributed by atoms with Crippen molar-refractivity contribution < 1.29 is 23.7 Å². The second-order valence-corrected chi connectivity index (χ2v) is 6.79. The molecule has 0 aromatic heterocycles. The fraction of sp³-hybridized carbons (Fsp3) is 0.318. The first-order valence-electron chi connectivity index (χ1n) is 9.12. The monoisotopic (exact) mass is 381 g/mol. The number of carbonyl (C=O) groups is 1. The Morgan fingerprint density at radius 2 is 1.61 bits per heavy atom. The minimum absolute atomic E-state index is 0.169. The number of benzene rings is 2. The van der Waals surface area contributed by atoms with Gasteiger partial charge in [0.05, 0.1) is 28.4 Å². The van der Waals surface area contributed by atoms with Crippen LogP contribution >= 0.6 is 0 Å². The minimum atomic E-state index is -0.208. The molecule has 1 heterocycles. The summed E-state index contributed by atoms with van der Waals surface area (Å²) in [6, 6.07) is 9.72. The lowest BCUT2D eigenvalue weighted by Crippen LogP contribution is -2.19. The standard InChI is InChI=1S/C22H23NO5/c1-25-13-5-6-14-16(11-13)23-15-7-8-17(24)21(15)20(14)12-9-18(26-2)22(28-4)19(10-12)27-3/h5-6,9-11,20,23H,7-8H2,1-4H3. The molecule has 0 amide bonds. The number of allylic oxidation sites excluding steroid dienone is 2. The van der Waals surface area contributed by atoms with Gasteiger partial charge in [-0.05, 0) is 35.7 Å². The lowest BCUT2D eigenvalue weighted by atomic mass is 9.80. The Hall–Kier alpha value is -3.15. The summed E-state index contributed by atoms with van der Waals surface area (Å²) in [6.45, 7) is 0. The number of methoxy groups -OCH3 is 4. The predicted molar refractivity (Wildman–Crippen MR) is 106 cm³/mol. The first-order chi connectivity index (χ1) is 13.6. The molecule has 0 radical (unpaired) electrons. The highest BCUT2D eigenvalue weighted by molar-refractivity contribution is 6.03. The van der Waals surface area contributed by atoms with Gasteiger partial charge in [0.25, 0.3) is 0 Å². The van der Waals surface area contributed by atoms with E-state index < -0.39 is 0 Å². The predicted octanol–water partition coefficient (Wildman–Crippen LogP) is 3.90. The highest BCUT2D eigenvalue weighted by atomic mass is 16.5. The molecule has 0 saturated heterocycles. The smallest absolute Gasteiger partial charge is 0.203 e. The molecular weight excluding hydrogens is 358 g/mol. The molecule has 2 aromatic carbocycles. The van der Waals surface area contributed by atoms with Crippen LogP contribution in [0.15, 0.2) is 41.6 Å². The Kier molecular flexibility index (Phi) is 4.63. The van der Waals surface area contributed by atoms with Gasteiger partial charge in [0.1, 0.15) is 5.75 Å². The van der Waals surface area contributed by atoms with Crippen LogP contribution in [-0.2, 0) is 4.79 Å². The van der Waals surface area contributed by atoms with Crippen molar-refractivity contribution in [2.75, 3.05) is 33.8 Å². The SMILES string of the molecule is COc1ccc2c(c1)NC1=C(C(=O)CC1)C2c1cc(OC)c(OC)c(OC)c1. The Morgan fingerprint density at radius 1 is 0.893 bits per heavy atom. The van der Waals surface area contributed by atoms with E-state index in [9.17, 15) is 4.79 Å². The molecule has 6 nitrogen and oxygen atoms in total. The summed E-state index contributed by atoms with van der Waals surface area (Å²) in [7, 11) is 6.40. The summed E-state index contributed by atoms with van der Waals surface area (Å²) in [5.74, 6) is 2.40. The van der Waals surface area contributed by atoms with E-state index in [1.807, 2.05) is 30.3 Å². The molecule has 0 fully saturated rings. The number of rotatable bonds is 5. The molecule has 1 N–H and O–H groups in total. The Morgan fingerprint density at radius 3 is 2.21 bits per heavy atom. The first-order valence-corrected chi connectivity index (χ1v) is 9.12. The van der Waals surface area contributed by atoms with Gasteiger partial charge in [0, 0.05) is 35.4 Å². The quantitative estimate of drug-likeness (QED) is 0.848. The molecule has 2 aliphatic rings. The second kappa shape index (κ2) is 7.11. The van der Waals surface area contributed by atoms with E-state index in [-0.39, 0.29) is 11.7 Å². The fourth-order valence-electron chi connectivity index (χ4n) is 4.10. The molecule has 28 heavy (non-hydrogen) atoms. The summed E-state index contributed by atoms with van der Waals surface area (Å²) in [4.78, 5) is 12.7. The maximum Gasteiger partial charge on any atom is 0.203 e. The number of anilines is 1. The van der Waals surface area contributed by atoms with Crippen molar-refractivity contribution in [1.82, 2.24) is 0 Å². The van der Waals surface area contributed by atoms with E-state index in [1.54, 1.807) is 28.4 Å². The number of hydrogen-bond acceptors (Lipinski definition) is 6. The van der Waals surface area contributed by atoms with Crippen molar-refractivity contribution >= 4 is 11.5 Å². The zero-order valence-corrected chi connectivity index (χ0v) is 16.4. The third-order valence-corrected chi connectivity index (χ3v) is 5.39. The van der Waals surface area contributed by atoms with Crippen LogP contribution in [0, 0.1) is 0 Å². The van der Waals surface area contributed by atoms with Crippen molar-refractivity contribution in [3.63, 3.8) is 0 Å². The van der Waals surface area contributed by atoms with Crippen LogP contribution in [0.3, 0.4) is 0 Å². The van der Waals surface area contributed by atoms with Gasteiger partial charge in [0.2, 0.25) is 5.75 Å². The molecule has 4 rings (SSSR count). The molecular formula is C22H23NO5. The van der Waals surface area contributed by atoms with Gasteiger partial charge < -0.3 is 24.3 Å². The normalized spacial score (nSPS) is 17.6. The minimum Gasteiger partial charge on any atom is -0.497 e. The van der Waals surface area contributed by atoms with Gasteiger partial charge in [-0.25, -0.2) is 0 Å². The van der Waals surface area contributed by atoms with Crippen LogP contribution in [0.2, 0.25) is 0 Å². The van der Waals surface area contributed by atoms with Gasteiger partial charge in [-0.15, -0.1) is 0 Å². The van der Waals surface area contributed by atoms with E-state index in [4.69, 9.17) is 18.9 Å². The van der Waals surface area contributed by atoms with Crippen molar-refractivity contribution in [3.8, 4) is 23.0 Å². The van der Waals surface area contributed by atoms with Crippen LogP contribution in [0.4, 0.5) is 5.69 Å². The topological polar surface area (TPSA) is 66.0 Å². The first kappa shape index (κ1) is 18.2. The third-order valence-electron chi connectivity index (χ3n) is 5.39. The average Bonchev–Trinajstić information content (AvgIpc) is 3.10. The van der Waals surface area contributed by atoms with Gasteiger partial charge in [-0.1, -0.05) is 6.07 Å². The number of nitrogens with one attached hydrogen (secondary N) is 1. The Bertz CT molecular complexity index is 954. The largest absolute Gasteiger partial charge is 0.497 e. The number of fused-ring (bicyclic) bond motifs is 1. The van der Waals surface area contributed by atoms with Crippen molar-refractivity contribution in [2.24, 2.45) is 0 Å².